The third kappa shape index (κ3) is 3.11. The van der Waals surface area contributed by atoms with Crippen LogP contribution in [0.5, 0.6) is 0 Å². The number of aromatic nitrogens is 1. The SMILES string of the molecule is CC(NCc1ccc(F)c(F)c1)c1ccncc1. The van der Waals surface area contributed by atoms with Crippen LogP contribution >= 0.6 is 0 Å². The summed E-state index contributed by atoms with van der Waals surface area (Å²) < 4.78 is 25.8. The van der Waals surface area contributed by atoms with Crippen molar-refractivity contribution in [3.8, 4) is 0 Å². The van der Waals surface area contributed by atoms with Crippen molar-refractivity contribution in [1.29, 1.82) is 0 Å². The minimum atomic E-state index is -0.819. The second kappa shape index (κ2) is 5.69. The number of rotatable bonds is 4. The van der Waals surface area contributed by atoms with Crippen molar-refractivity contribution in [1.82, 2.24) is 10.3 Å². The van der Waals surface area contributed by atoms with E-state index in [4.69, 9.17) is 0 Å². The molecule has 2 aromatic rings. The monoisotopic (exact) mass is 248 g/mol. The summed E-state index contributed by atoms with van der Waals surface area (Å²) in [6, 6.07) is 7.89. The summed E-state index contributed by atoms with van der Waals surface area (Å²) in [5.74, 6) is -1.63. The van der Waals surface area contributed by atoms with Gasteiger partial charge < -0.3 is 5.32 Å². The molecule has 0 aliphatic heterocycles. The topological polar surface area (TPSA) is 24.9 Å². The van der Waals surface area contributed by atoms with Crippen molar-refractivity contribution >= 4 is 0 Å². The third-order valence-corrected chi connectivity index (χ3v) is 2.80. The van der Waals surface area contributed by atoms with E-state index in [2.05, 4.69) is 10.3 Å². The molecule has 0 amide bonds. The fourth-order valence-electron chi connectivity index (χ4n) is 1.69. The largest absolute Gasteiger partial charge is 0.306 e. The Labute approximate surface area is 105 Å². The average Bonchev–Trinajstić information content (AvgIpc) is 2.41. The van der Waals surface area contributed by atoms with Gasteiger partial charge in [-0.1, -0.05) is 6.07 Å². The summed E-state index contributed by atoms with van der Waals surface area (Å²) in [7, 11) is 0. The van der Waals surface area contributed by atoms with Gasteiger partial charge in [0.25, 0.3) is 0 Å². The number of hydrogen-bond acceptors (Lipinski definition) is 2. The predicted octanol–water partition coefficient (Wildman–Crippen LogP) is 3.21. The van der Waals surface area contributed by atoms with Crippen LogP contribution < -0.4 is 5.32 Å². The highest BCUT2D eigenvalue weighted by molar-refractivity contribution is 5.19. The first-order valence-corrected chi connectivity index (χ1v) is 5.74. The van der Waals surface area contributed by atoms with Crippen molar-refractivity contribution in [3.05, 3.63) is 65.5 Å². The molecule has 1 heterocycles. The van der Waals surface area contributed by atoms with Gasteiger partial charge in [0, 0.05) is 25.0 Å². The summed E-state index contributed by atoms with van der Waals surface area (Å²) in [5, 5.41) is 3.24. The molecule has 4 heteroatoms. The van der Waals surface area contributed by atoms with Crippen LogP contribution in [-0.4, -0.2) is 4.98 Å². The number of hydrogen-bond donors (Lipinski definition) is 1. The molecule has 1 unspecified atom stereocenters. The summed E-state index contributed by atoms with van der Waals surface area (Å²) in [6.07, 6.45) is 3.45. The van der Waals surface area contributed by atoms with Crippen LogP contribution in [0.25, 0.3) is 0 Å². The van der Waals surface area contributed by atoms with E-state index in [0.717, 1.165) is 17.2 Å². The number of benzene rings is 1. The van der Waals surface area contributed by atoms with Gasteiger partial charge in [-0.25, -0.2) is 8.78 Å². The molecule has 0 saturated carbocycles. The van der Waals surface area contributed by atoms with Crippen LogP contribution in [0.15, 0.2) is 42.7 Å². The van der Waals surface area contributed by atoms with Crippen LogP contribution in [-0.2, 0) is 6.54 Å². The van der Waals surface area contributed by atoms with Crippen molar-refractivity contribution in [2.45, 2.75) is 19.5 Å². The Kier molecular flexibility index (Phi) is 3.99. The van der Waals surface area contributed by atoms with Gasteiger partial charge in [0.2, 0.25) is 0 Å². The Morgan fingerprint density at radius 2 is 1.83 bits per heavy atom. The van der Waals surface area contributed by atoms with E-state index in [1.807, 2.05) is 19.1 Å². The summed E-state index contributed by atoms with van der Waals surface area (Å²) >= 11 is 0. The van der Waals surface area contributed by atoms with Gasteiger partial charge in [-0.15, -0.1) is 0 Å². The van der Waals surface area contributed by atoms with Crippen LogP contribution in [0.3, 0.4) is 0 Å². The molecular weight excluding hydrogens is 234 g/mol. The van der Waals surface area contributed by atoms with Gasteiger partial charge in [-0.3, -0.25) is 4.98 Å². The number of pyridine rings is 1. The Bertz CT molecular complexity index is 514. The maximum Gasteiger partial charge on any atom is 0.159 e. The third-order valence-electron chi connectivity index (χ3n) is 2.80. The molecule has 18 heavy (non-hydrogen) atoms. The van der Waals surface area contributed by atoms with E-state index in [-0.39, 0.29) is 6.04 Å². The molecule has 1 N–H and O–H groups in total. The Hall–Kier alpha value is -1.81. The summed E-state index contributed by atoms with van der Waals surface area (Å²) in [5.41, 5.74) is 1.82. The number of halogens is 2. The second-order valence-corrected chi connectivity index (χ2v) is 4.13. The second-order valence-electron chi connectivity index (χ2n) is 4.13. The maximum absolute atomic E-state index is 13.0. The molecule has 0 fully saturated rings. The van der Waals surface area contributed by atoms with Crippen LogP contribution in [0.2, 0.25) is 0 Å². The molecule has 0 aliphatic carbocycles. The van der Waals surface area contributed by atoms with Crippen LogP contribution in [0.4, 0.5) is 8.78 Å². The number of nitrogens with zero attached hydrogens (tertiary/aromatic N) is 1. The van der Waals surface area contributed by atoms with E-state index >= 15 is 0 Å². The van der Waals surface area contributed by atoms with E-state index in [1.165, 1.54) is 6.07 Å². The summed E-state index contributed by atoms with van der Waals surface area (Å²) in [4.78, 5) is 3.95. The van der Waals surface area contributed by atoms with Crippen molar-refractivity contribution in [2.75, 3.05) is 0 Å². The molecule has 1 aromatic heterocycles. The highest BCUT2D eigenvalue weighted by Crippen LogP contribution is 2.13. The van der Waals surface area contributed by atoms with Gasteiger partial charge in [-0.2, -0.15) is 0 Å². The lowest BCUT2D eigenvalue weighted by Crippen LogP contribution is -2.18. The van der Waals surface area contributed by atoms with Gasteiger partial charge >= 0.3 is 0 Å². The first-order valence-electron chi connectivity index (χ1n) is 5.74. The lowest BCUT2D eigenvalue weighted by atomic mass is 10.1. The molecule has 0 radical (unpaired) electrons. The standard InChI is InChI=1S/C14H14F2N2/c1-10(12-4-6-17-7-5-12)18-9-11-2-3-13(15)14(16)8-11/h2-8,10,18H,9H2,1H3. The molecule has 94 valence electrons. The van der Waals surface area contributed by atoms with Gasteiger partial charge in [0.1, 0.15) is 0 Å². The molecule has 0 saturated heterocycles. The van der Waals surface area contributed by atoms with Crippen LogP contribution in [0, 0.1) is 11.6 Å². The molecule has 0 aliphatic rings. The highest BCUT2D eigenvalue weighted by atomic mass is 19.2. The first-order chi connectivity index (χ1) is 8.66. The lowest BCUT2D eigenvalue weighted by Gasteiger charge is -2.14. The minimum absolute atomic E-state index is 0.126. The quantitative estimate of drug-likeness (QED) is 0.898. The Morgan fingerprint density at radius 3 is 2.50 bits per heavy atom. The number of nitrogens with one attached hydrogen (secondary N) is 1. The Morgan fingerprint density at radius 1 is 1.11 bits per heavy atom. The minimum Gasteiger partial charge on any atom is -0.306 e. The van der Waals surface area contributed by atoms with Crippen molar-refractivity contribution < 1.29 is 8.78 Å². The zero-order valence-corrected chi connectivity index (χ0v) is 10.0. The molecule has 1 aromatic carbocycles. The molecule has 0 bridgehead atoms. The molecule has 1 atom stereocenters. The van der Waals surface area contributed by atoms with Gasteiger partial charge in [0.05, 0.1) is 0 Å². The zero-order chi connectivity index (χ0) is 13.0. The highest BCUT2D eigenvalue weighted by Gasteiger charge is 2.06. The molecule has 2 nitrogen and oxygen atoms in total. The van der Waals surface area contributed by atoms with Crippen molar-refractivity contribution in [2.24, 2.45) is 0 Å². The van der Waals surface area contributed by atoms with Crippen molar-refractivity contribution in [3.63, 3.8) is 0 Å². The fraction of sp³-hybridized carbons (Fsp3) is 0.214. The van der Waals surface area contributed by atoms with E-state index < -0.39 is 11.6 Å². The fourth-order valence-corrected chi connectivity index (χ4v) is 1.69. The molecular formula is C14H14F2N2. The van der Waals surface area contributed by atoms with E-state index in [9.17, 15) is 8.78 Å². The first kappa shape index (κ1) is 12.6. The smallest absolute Gasteiger partial charge is 0.159 e. The van der Waals surface area contributed by atoms with Gasteiger partial charge in [0.15, 0.2) is 11.6 Å². The maximum atomic E-state index is 13.0. The van der Waals surface area contributed by atoms with E-state index in [0.29, 0.717) is 6.54 Å². The molecule has 0 spiro atoms. The summed E-state index contributed by atoms with van der Waals surface area (Å²) in [6.45, 7) is 2.50. The predicted molar refractivity (Wildman–Crippen MR) is 65.8 cm³/mol. The van der Waals surface area contributed by atoms with E-state index in [1.54, 1.807) is 18.5 Å². The Balaban J connectivity index is 1.97. The lowest BCUT2D eigenvalue weighted by molar-refractivity contribution is 0.504. The normalized spacial score (nSPS) is 12.4. The molecule has 2 rings (SSSR count). The van der Waals surface area contributed by atoms with Crippen LogP contribution in [0.1, 0.15) is 24.1 Å². The average molecular weight is 248 g/mol. The zero-order valence-electron chi connectivity index (χ0n) is 10.0. The van der Waals surface area contributed by atoms with Gasteiger partial charge in [-0.05, 0) is 42.3 Å².